The van der Waals surface area contributed by atoms with Crippen molar-refractivity contribution >= 4 is 32.9 Å². The molecular weight excluding hydrogens is 396 g/mol. The van der Waals surface area contributed by atoms with Crippen molar-refractivity contribution in [2.75, 3.05) is 0 Å². The van der Waals surface area contributed by atoms with E-state index in [-0.39, 0.29) is 19.0 Å². The van der Waals surface area contributed by atoms with Crippen LogP contribution in [0.3, 0.4) is 0 Å². The number of hydrogen-bond acceptors (Lipinski definition) is 4. The molecule has 2 aromatic carbocycles. The summed E-state index contributed by atoms with van der Waals surface area (Å²) in [4.78, 5) is 24.0. The normalized spacial score (nSPS) is 13.0. The molecule has 0 aliphatic heterocycles. The van der Waals surface area contributed by atoms with Gasteiger partial charge in [-0.2, -0.15) is 0 Å². The third-order valence-electron chi connectivity index (χ3n) is 4.69. The number of ether oxygens (including phenoxy) is 1. The van der Waals surface area contributed by atoms with Crippen molar-refractivity contribution in [1.29, 1.82) is 0 Å². The summed E-state index contributed by atoms with van der Waals surface area (Å²) in [5, 5.41) is 0.849. The van der Waals surface area contributed by atoms with Gasteiger partial charge in [0.25, 0.3) is 0 Å². The second-order valence-corrected chi connectivity index (χ2v) is 7.44. The largest absolute Gasteiger partial charge is 0.461 e. The summed E-state index contributed by atoms with van der Waals surface area (Å²) in [5.41, 5.74) is 4.24. The topological polar surface area (TPSA) is 56.5 Å². The minimum absolute atomic E-state index is 0.0657. The zero-order chi connectivity index (χ0) is 18.1. The van der Waals surface area contributed by atoms with Gasteiger partial charge in [0.15, 0.2) is 0 Å². The zero-order valence-corrected chi connectivity index (χ0v) is 15.7. The Hall–Kier alpha value is -2.40. The molecule has 0 saturated carbocycles. The maximum absolute atomic E-state index is 12.1. The van der Waals surface area contributed by atoms with Crippen LogP contribution in [-0.2, 0) is 35.4 Å². The molecule has 1 heterocycles. The van der Waals surface area contributed by atoms with E-state index in [4.69, 9.17) is 9.15 Å². The molecule has 1 aromatic heterocycles. The Morgan fingerprint density at radius 3 is 2.58 bits per heavy atom. The van der Waals surface area contributed by atoms with Gasteiger partial charge in [0.05, 0.1) is 6.42 Å². The van der Waals surface area contributed by atoms with Gasteiger partial charge in [-0.3, -0.25) is 4.79 Å². The highest BCUT2D eigenvalue weighted by molar-refractivity contribution is 9.10. The molecule has 3 aromatic rings. The van der Waals surface area contributed by atoms with Gasteiger partial charge in [0, 0.05) is 21.5 Å². The lowest BCUT2D eigenvalue weighted by molar-refractivity contribution is -0.144. The summed E-state index contributed by atoms with van der Waals surface area (Å²) in [6, 6.07) is 13.0. The van der Waals surface area contributed by atoms with E-state index >= 15 is 0 Å². The molecule has 0 N–H and O–H groups in total. The molecule has 132 valence electrons. The Balaban J connectivity index is 1.54. The number of rotatable bonds is 4. The second kappa shape index (κ2) is 7.08. The van der Waals surface area contributed by atoms with Gasteiger partial charge in [-0.25, -0.2) is 4.79 Å². The Morgan fingerprint density at radius 1 is 1.08 bits per heavy atom. The van der Waals surface area contributed by atoms with Gasteiger partial charge < -0.3 is 9.15 Å². The van der Waals surface area contributed by atoms with Crippen LogP contribution < -0.4 is 5.63 Å². The van der Waals surface area contributed by atoms with Crippen molar-refractivity contribution in [2.45, 2.75) is 32.3 Å². The molecule has 0 amide bonds. The molecule has 0 fully saturated rings. The van der Waals surface area contributed by atoms with Crippen LogP contribution in [0.1, 0.15) is 28.7 Å². The highest BCUT2D eigenvalue weighted by Crippen LogP contribution is 2.28. The van der Waals surface area contributed by atoms with Crippen molar-refractivity contribution in [2.24, 2.45) is 0 Å². The number of carbonyl (C=O) groups is 1. The first-order chi connectivity index (χ1) is 12.6. The first-order valence-electron chi connectivity index (χ1n) is 8.57. The van der Waals surface area contributed by atoms with E-state index in [1.165, 1.54) is 17.2 Å². The smallest absolute Gasteiger partial charge is 0.336 e. The van der Waals surface area contributed by atoms with Gasteiger partial charge in [0.1, 0.15) is 12.2 Å². The summed E-state index contributed by atoms with van der Waals surface area (Å²) in [7, 11) is 0. The number of halogens is 1. The monoisotopic (exact) mass is 412 g/mol. The van der Waals surface area contributed by atoms with Gasteiger partial charge in [0.2, 0.25) is 0 Å². The van der Waals surface area contributed by atoms with Crippen molar-refractivity contribution in [3.63, 3.8) is 0 Å². The third kappa shape index (κ3) is 3.58. The van der Waals surface area contributed by atoms with Crippen LogP contribution >= 0.6 is 15.9 Å². The van der Waals surface area contributed by atoms with E-state index in [2.05, 4.69) is 22.0 Å². The molecule has 26 heavy (non-hydrogen) atoms. The van der Waals surface area contributed by atoms with Crippen LogP contribution in [0.2, 0.25) is 0 Å². The Kier molecular flexibility index (Phi) is 4.64. The number of esters is 1. The fraction of sp³-hybridized carbons (Fsp3) is 0.238. The lowest BCUT2D eigenvalue weighted by Gasteiger charge is -2.09. The van der Waals surface area contributed by atoms with Gasteiger partial charge in [-0.05, 0) is 60.2 Å². The highest BCUT2D eigenvalue weighted by Gasteiger charge is 2.16. The van der Waals surface area contributed by atoms with Gasteiger partial charge in [-0.15, -0.1) is 0 Å². The molecule has 1 aliphatic carbocycles. The Labute approximate surface area is 158 Å². The quantitative estimate of drug-likeness (QED) is 0.472. The van der Waals surface area contributed by atoms with E-state index in [9.17, 15) is 9.59 Å². The van der Waals surface area contributed by atoms with Gasteiger partial charge >= 0.3 is 11.6 Å². The van der Waals surface area contributed by atoms with E-state index < -0.39 is 5.63 Å². The molecule has 0 bridgehead atoms. The average Bonchev–Trinajstić information content (AvgIpc) is 3.07. The van der Waals surface area contributed by atoms with Crippen molar-refractivity contribution in [3.05, 3.63) is 79.6 Å². The maximum atomic E-state index is 12.1. The predicted octanol–water partition coefficient (Wildman–Crippen LogP) is 4.33. The summed E-state index contributed by atoms with van der Waals surface area (Å²) in [5.74, 6) is -0.324. The Bertz CT molecular complexity index is 1030. The molecule has 0 atom stereocenters. The lowest BCUT2D eigenvalue weighted by atomic mass is 10.0. The van der Waals surface area contributed by atoms with Crippen LogP contribution in [0.5, 0.6) is 0 Å². The summed E-state index contributed by atoms with van der Waals surface area (Å²) < 4.78 is 11.7. The van der Waals surface area contributed by atoms with Crippen molar-refractivity contribution in [3.8, 4) is 0 Å². The van der Waals surface area contributed by atoms with E-state index in [1.807, 2.05) is 30.3 Å². The molecular formula is C21H17BrO4. The second-order valence-electron chi connectivity index (χ2n) is 6.53. The van der Waals surface area contributed by atoms with E-state index in [0.29, 0.717) is 11.1 Å². The number of aryl methyl sites for hydroxylation is 2. The summed E-state index contributed by atoms with van der Waals surface area (Å²) >= 11 is 3.37. The zero-order valence-electron chi connectivity index (χ0n) is 14.1. The third-order valence-corrected chi connectivity index (χ3v) is 5.22. The summed E-state index contributed by atoms with van der Waals surface area (Å²) in [6.07, 6.45) is 3.37. The summed E-state index contributed by atoms with van der Waals surface area (Å²) in [6.45, 7) is 0.0657. The first-order valence-corrected chi connectivity index (χ1v) is 9.36. The van der Waals surface area contributed by atoms with Gasteiger partial charge in [-0.1, -0.05) is 28.1 Å². The maximum Gasteiger partial charge on any atom is 0.336 e. The first kappa shape index (κ1) is 17.0. The van der Waals surface area contributed by atoms with Crippen LogP contribution in [0, 0.1) is 0 Å². The fourth-order valence-corrected chi connectivity index (χ4v) is 3.66. The molecule has 0 saturated heterocycles. The van der Waals surface area contributed by atoms with Crippen LogP contribution in [0.25, 0.3) is 11.0 Å². The SMILES string of the molecule is O=C(Cc1ccc(Br)cc1)OCc1cc(=O)oc2cc3c(cc12)CCC3. The molecule has 4 rings (SSSR count). The van der Waals surface area contributed by atoms with E-state index in [1.54, 1.807) is 0 Å². The van der Waals surface area contributed by atoms with Crippen LogP contribution in [0.4, 0.5) is 0 Å². The molecule has 0 spiro atoms. The lowest BCUT2D eigenvalue weighted by Crippen LogP contribution is -2.10. The van der Waals surface area contributed by atoms with Crippen LogP contribution in [-0.4, -0.2) is 5.97 Å². The van der Waals surface area contributed by atoms with Crippen molar-refractivity contribution < 1.29 is 13.9 Å². The van der Waals surface area contributed by atoms with Crippen LogP contribution in [0.15, 0.2) is 56.1 Å². The number of benzene rings is 2. The molecule has 5 heteroatoms. The molecule has 0 unspecified atom stereocenters. The average molecular weight is 413 g/mol. The molecule has 0 radical (unpaired) electrons. The number of carbonyl (C=O) groups excluding carboxylic acids is 1. The minimum Gasteiger partial charge on any atom is -0.461 e. The highest BCUT2D eigenvalue weighted by atomic mass is 79.9. The number of hydrogen-bond donors (Lipinski definition) is 0. The Morgan fingerprint density at radius 2 is 1.81 bits per heavy atom. The predicted molar refractivity (Wildman–Crippen MR) is 102 cm³/mol. The standard InChI is InChI=1S/C21H17BrO4/c22-17-6-4-13(5-7-17)8-20(23)25-12-16-11-21(24)26-19-10-15-3-1-2-14(15)9-18(16)19/h4-7,9-11H,1-3,8,12H2. The van der Waals surface area contributed by atoms with E-state index in [0.717, 1.165) is 34.7 Å². The molecule has 1 aliphatic rings. The number of fused-ring (bicyclic) bond motifs is 2. The van der Waals surface area contributed by atoms with Crippen molar-refractivity contribution in [1.82, 2.24) is 0 Å². The minimum atomic E-state index is -0.422. The molecule has 4 nitrogen and oxygen atoms in total. The fourth-order valence-electron chi connectivity index (χ4n) is 3.39.